The lowest BCUT2D eigenvalue weighted by Crippen LogP contribution is -2.59. The first kappa shape index (κ1) is 25.1. The van der Waals surface area contributed by atoms with Crippen LogP contribution in [0, 0.1) is 0 Å². The van der Waals surface area contributed by atoms with Gasteiger partial charge in [-0.1, -0.05) is 26.0 Å². The summed E-state index contributed by atoms with van der Waals surface area (Å²) in [6.07, 6.45) is 1.42. The number of fused-ring (bicyclic) bond motifs is 1. The third-order valence-electron chi connectivity index (χ3n) is 6.79. The van der Waals surface area contributed by atoms with Crippen LogP contribution in [0.3, 0.4) is 0 Å². The number of nitrogens with zero attached hydrogens (tertiary/aromatic N) is 5. The number of hydrogen-bond acceptors (Lipinski definition) is 7. The van der Waals surface area contributed by atoms with E-state index in [1.807, 2.05) is 37.8 Å². The first-order chi connectivity index (χ1) is 16.4. The van der Waals surface area contributed by atoms with Crippen LogP contribution in [0.15, 0.2) is 30.6 Å². The van der Waals surface area contributed by atoms with E-state index >= 15 is 0 Å². The Bertz CT molecular complexity index is 1060. The fraction of sp³-hybridized carbons (Fsp3) is 0.593. The fourth-order valence-electron chi connectivity index (χ4n) is 5.14. The topological polar surface area (TPSA) is 71.0 Å². The van der Waals surface area contributed by atoms with Crippen molar-refractivity contribution >= 4 is 17.7 Å². The molecule has 4 rings (SSSR count). The van der Waals surface area contributed by atoms with Crippen LogP contribution in [0.4, 0.5) is 16.4 Å². The van der Waals surface area contributed by atoms with Crippen molar-refractivity contribution in [2.24, 2.45) is 0 Å². The van der Waals surface area contributed by atoms with Gasteiger partial charge in [0.25, 0.3) is 0 Å². The molecule has 0 N–H and O–H groups in total. The molecule has 2 atom stereocenters. The molecular weight excluding hydrogens is 442 g/mol. The van der Waals surface area contributed by atoms with E-state index in [0.717, 1.165) is 30.5 Å². The first-order valence-electron chi connectivity index (χ1n) is 12.4. The highest BCUT2D eigenvalue weighted by atomic mass is 16.6. The van der Waals surface area contributed by atoms with Crippen molar-refractivity contribution in [2.45, 2.75) is 78.1 Å². The first-order valence-corrected chi connectivity index (χ1v) is 12.4. The van der Waals surface area contributed by atoms with Crippen LogP contribution in [-0.2, 0) is 16.7 Å². The number of methoxy groups -OCH3 is 1. The normalized spacial score (nSPS) is 21.7. The Labute approximate surface area is 209 Å². The SMILES string of the molecule is COc1ccc(CN2CC(C)(C)c3c2ncnc3N2C[C@@H](C)N(C(=O)OC(C)(C)C)C[C@@H]2C)cc1. The molecule has 1 fully saturated rings. The lowest BCUT2D eigenvalue weighted by atomic mass is 9.87. The molecule has 0 spiro atoms. The molecule has 8 heteroatoms. The molecule has 8 nitrogen and oxygen atoms in total. The smallest absolute Gasteiger partial charge is 0.410 e. The summed E-state index contributed by atoms with van der Waals surface area (Å²) < 4.78 is 11.0. The quantitative estimate of drug-likeness (QED) is 0.631. The number of aromatic nitrogens is 2. The Morgan fingerprint density at radius 1 is 1.06 bits per heavy atom. The van der Waals surface area contributed by atoms with Gasteiger partial charge >= 0.3 is 6.09 Å². The molecule has 2 aromatic rings. The second kappa shape index (κ2) is 9.21. The molecule has 0 unspecified atom stereocenters. The summed E-state index contributed by atoms with van der Waals surface area (Å²) in [5, 5.41) is 0. The number of ether oxygens (including phenoxy) is 2. The van der Waals surface area contributed by atoms with E-state index < -0.39 is 5.60 Å². The molecule has 2 aliphatic heterocycles. The van der Waals surface area contributed by atoms with E-state index in [1.165, 1.54) is 11.1 Å². The minimum atomic E-state index is -0.512. The predicted molar refractivity (Wildman–Crippen MR) is 138 cm³/mol. The number of carbonyl (C=O) groups is 1. The van der Waals surface area contributed by atoms with Crippen LogP contribution >= 0.6 is 0 Å². The van der Waals surface area contributed by atoms with E-state index in [0.29, 0.717) is 13.1 Å². The van der Waals surface area contributed by atoms with Gasteiger partial charge in [-0.25, -0.2) is 14.8 Å². The number of amides is 1. The summed E-state index contributed by atoms with van der Waals surface area (Å²) in [6, 6.07) is 8.30. The number of rotatable bonds is 4. The van der Waals surface area contributed by atoms with Crippen LogP contribution in [0.2, 0.25) is 0 Å². The molecule has 1 amide bonds. The molecule has 2 aliphatic rings. The number of carbonyl (C=O) groups excluding carboxylic acids is 1. The summed E-state index contributed by atoms with van der Waals surface area (Å²) in [5.41, 5.74) is 1.77. The molecule has 1 aromatic carbocycles. The zero-order valence-electron chi connectivity index (χ0n) is 22.3. The van der Waals surface area contributed by atoms with Crippen LogP contribution in [-0.4, -0.2) is 65.4 Å². The minimum absolute atomic E-state index is 0.00610. The molecular formula is C27H39N5O3. The van der Waals surface area contributed by atoms with Crippen LogP contribution < -0.4 is 14.5 Å². The second-order valence-corrected chi connectivity index (χ2v) is 11.5. The Hall–Kier alpha value is -3.03. The van der Waals surface area contributed by atoms with Gasteiger partial charge in [0.15, 0.2) is 0 Å². The van der Waals surface area contributed by atoms with Crippen molar-refractivity contribution in [3.63, 3.8) is 0 Å². The van der Waals surface area contributed by atoms with E-state index in [4.69, 9.17) is 19.4 Å². The van der Waals surface area contributed by atoms with Gasteiger partial charge in [0.1, 0.15) is 29.3 Å². The number of anilines is 2. The van der Waals surface area contributed by atoms with E-state index in [1.54, 1.807) is 13.4 Å². The number of piperazine rings is 1. The highest BCUT2D eigenvalue weighted by Gasteiger charge is 2.43. The highest BCUT2D eigenvalue weighted by Crippen LogP contribution is 2.45. The van der Waals surface area contributed by atoms with Crippen LogP contribution in [0.5, 0.6) is 5.75 Å². The highest BCUT2D eigenvalue weighted by molar-refractivity contribution is 5.71. The predicted octanol–water partition coefficient (Wildman–Crippen LogP) is 4.62. The van der Waals surface area contributed by atoms with Crippen molar-refractivity contribution in [1.29, 1.82) is 0 Å². The number of hydrogen-bond donors (Lipinski definition) is 0. The Kier molecular flexibility index (Phi) is 6.60. The summed E-state index contributed by atoms with van der Waals surface area (Å²) in [6.45, 7) is 17.4. The molecule has 1 saturated heterocycles. The second-order valence-electron chi connectivity index (χ2n) is 11.5. The standard InChI is InChI=1S/C27H39N5O3/c1-18-14-32(25(33)35-26(3,4)5)19(2)13-31(18)24-22-23(28-17-29-24)30(16-27(22,6)7)15-20-9-11-21(34-8)12-10-20/h9-12,17-19H,13-16H2,1-8H3/t18-,19+/m0/s1. The molecule has 1 aromatic heterocycles. The van der Waals surface area contributed by atoms with Gasteiger partial charge in [0.05, 0.1) is 7.11 Å². The maximum atomic E-state index is 12.8. The van der Waals surface area contributed by atoms with Gasteiger partial charge in [-0.2, -0.15) is 0 Å². The largest absolute Gasteiger partial charge is 0.497 e. The summed E-state index contributed by atoms with van der Waals surface area (Å²) in [7, 11) is 1.68. The van der Waals surface area contributed by atoms with Gasteiger partial charge in [-0.05, 0) is 52.3 Å². The molecule has 0 saturated carbocycles. The lowest BCUT2D eigenvalue weighted by molar-refractivity contribution is 0.0129. The van der Waals surface area contributed by atoms with Crippen molar-refractivity contribution in [3.05, 3.63) is 41.7 Å². The molecule has 0 aliphatic carbocycles. The van der Waals surface area contributed by atoms with E-state index in [-0.39, 0.29) is 23.6 Å². The van der Waals surface area contributed by atoms with E-state index in [2.05, 4.69) is 49.6 Å². The maximum absolute atomic E-state index is 12.8. The zero-order chi connectivity index (χ0) is 25.5. The van der Waals surface area contributed by atoms with Gasteiger partial charge < -0.3 is 24.2 Å². The maximum Gasteiger partial charge on any atom is 0.410 e. The minimum Gasteiger partial charge on any atom is -0.497 e. The van der Waals surface area contributed by atoms with Crippen molar-refractivity contribution in [2.75, 3.05) is 36.5 Å². The van der Waals surface area contributed by atoms with Crippen molar-refractivity contribution in [1.82, 2.24) is 14.9 Å². The van der Waals surface area contributed by atoms with Gasteiger partial charge in [0, 0.05) is 49.2 Å². The average molecular weight is 482 g/mol. The monoisotopic (exact) mass is 481 g/mol. The van der Waals surface area contributed by atoms with Gasteiger partial charge in [0.2, 0.25) is 0 Å². The third-order valence-corrected chi connectivity index (χ3v) is 6.79. The van der Waals surface area contributed by atoms with Gasteiger partial charge in [-0.15, -0.1) is 0 Å². The van der Waals surface area contributed by atoms with E-state index in [9.17, 15) is 4.79 Å². The summed E-state index contributed by atoms with van der Waals surface area (Å²) in [5.74, 6) is 2.82. The Morgan fingerprint density at radius 2 is 1.71 bits per heavy atom. The lowest BCUT2D eigenvalue weighted by Gasteiger charge is -2.45. The molecule has 0 radical (unpaired) electrons. The zero-order valence-corrected chi connectivity index (χ0v) is 22.3. The molecule has 35 heavy (non-hydrogen) atoms. The summed E-state index contributed by atoms with van der Waals surface area (Å²) in [4.78, 5) is 28.8. The summed E-state index contributed by atoms with van der Waals surface area (Å²) >= 11 is 0. The average Bonchev–Trinajstić information content (AvgIpc) is 3.04. The Morgan fingerprint density at radius 3 is 2.34 bits per heavy atom. The Balaban J connectivity index is 1.59. The molecule has 190 valence electrons. The van der Waals surface area contributed by atoms with Crippen LogP contribution in [0.25, 0.3) is 0 Å². The molecule has 3 heterocycles. The number of benzene rings is 1. The van der Waals surface area contributed by atoms with Crippen molar-refractivity contribution < 1.29 is 14.3 Å². The fourth-order valence-corrected chi connectivity index (χ4v) is 5.14. The van der Waals surface area contributed by atoms with Crippen LogP contribution in [0.1, 0.15) is 59.6 Å². The van der Waals surface area contributed by atoms with Crippen molar-refractivity contribution in [3.8, 4) is 5.75 Å². The molecule has 0 bridgehead atoms. The third kappa shape index (κ3) is 5.16. The van der Waals surface area contributed by atoms with Gasteiger partial charge in [-0.3, -0.25) is 0 Å².